The summed E-state index contributed by atoms with van der Waals surface area (Å²) < 4.78 is 11.2. The Morgan fingerprint density at radius 3 is 2.11 bits per heavy atom. The Bertz CT molecular complexity index is 645. The highest BCUT2D eigenvalue weighted by Crippen LogP contribution is 2.16. The van der Waals surface area contributed by atoms with Crippen LogP contribution in [-0.4, -0.2) is 30.8 Å². The van der Waals surface area contributed by atoms with Crippen molar-refractivity contribution < 1.29 is 14.3 Å². The maximum Gasteiger partial charge on any atom is 0.323 e. The largest absolute Gasteiger partial charge is 0.461 e. The van der Waals surface area contributed by atoms with Gasteiger partial charge in [0.1, 0.15) is 12.1 Å². The van der Waals surface area contributed by atoms with Crippen molar-refractivity contribution in [2.24, 2.45) is 5.73 Å². The standard InChI is InChI=1S/C15H21NO3.C7H8.C2H6/c1-11-9-13(10-12-5-3-2-4-6-12)18-8-7-14(16)15(17)19-11;1-7-5-3-2-4-6-7;1-2/h2-6,11,13-14H,7-10,16H2,1H3;2-6H,1H3;1-2H3/t11?,13?,14-;;/m0../s1. The molecule has 0 aliphatic carbocycles. The number of nitrogens with two attached hydrogens (primary N) is 1. The topological polar surface area (TPSA) is 61.5 Å². The Morgan fingerprint density at radius 1 is 1.00 bits per heavy atom. The highest BCUT2D eigenvalue weighted by atomic mass is 16.5. The average Bonchev–Trinajstić information content (AvgIpc) is 2.76. The molecular formula is C24H35NO3. The molecule has 0 spiro atoms. The third-order valence-electron chi connectivity index (χ3n) is 4.24. The molecule has 4 heteroatoms. The molecular weight excluding hydrogens is 350 g/mol. The molecule has 2 N–H and O–H groups in total. The van der Waals surface area contributed by atoms with Crippen LogP contribution in [0.15, 0.2) is 60.7 Å². The fourth-order valence-electron chi connectivity index (χ4n) is 2.81. The summed E-state index contributed by atoms with van der Waals surface area (Å²) in [6.07, 6.45) is 1.95. The number of cyclic esters (lactones) is 1. The van der Waals surface area contributed by atoms with Crippen LogP contribution >= 0.6 is 0 Å². The van der Waals surface area contributed by atoms with E-state index in [-0.39, 0.29) is 18.2 Å². The summed E-state index contributed by atoms with van der Waals surface area (Å²) in [6, 6.07) is 19.9. The third kappa shape index (κ3) is 9.67. The first-order valence-corrected chi connectivity index (χ1v) is 10.2. The molecule has 154 valence electrons. The number of esters is 1. The fraction of sp³-hybridized carbons (Fsp3) is 0.458. The zero-order valence-electron chi connectivity index (χ0n) is 17.6. The van der Waals surface area contributed by atoms with Crippen molar-refractivity contribution in [3.8, 4) is 0 Å². The first-order valence-electron chi connectivity index (χ1n) is 10.2. The lowest BCUT2D eigenvalue weighted by atomic mass is 10.0. The maximum absolute atomic E-state index is 11.6. The van der Waals surface area contributed by atoms with Gasteiger partial charge >= 0.3 is 5.97 Å². The number of rotatable bonds is 2. The van der Waals surface area contributed by atoms with E-state index in [0.717, 1.165) is 6.42 Å². The first-order chi connectivity index (χ1) is 13.5. The highest BCUT2D eigenvalue weighted by Gasteiger charge is 2.24. The zero-order valence-corrected chi connectivity index (χ0v) is 17.6. The van der Waals surface area contributed by atoms with Gasteiger partial charge in [-0.05, 0) is 32.3 Å². The second kappa shape index (κ2) is 13.9. The van der Waals surface area contributed by atoms with Gasteiger partial charge in [-0.2, -0.15) is 0 Å². The minimum atomic E-state index is -0.571. The summed E-state index contributed by atoms with van der Waals surface area (Å²) in [4.78, 5) is 11.6. The average molecular weight is 386 g/mol. The molecule has 0 aromatic heterocycles. The summed E-state index contributed by atoms with van der Waals surface area (Å²) in [5.41, 5.74) is 8.28. The van der Waals surface area contributed by atoms with Gasteiger partial charge in [-0.25, -0.2) is 0 Å². The number of benzene rings is 2. The highest BCUT2D eigenvalue weighted by molar-refractivity contribution is 5.75. The quantitative estimate of drug-likeness (QED) is 0.762. The number of hydrogen-bond donors (Lipinski definition) is 1. The van der Waals surface area contributed by atoms with Gasteiger partial charge in [0.05, 0.1) is 6.10 Å². The lowest BCUT2D eigenvalue weighted by Crippen LogP contribution is -2.34. The molecule has 1 fully saturated rings. The van der Waals surface area contributed by atoms with Crippen LogP contribution in [0.1, 0.15) is 44.7 Å². The Hall–Kier alpha value is -2.17. The zero-order chi connectivity index (χ0) is 20.8. The molecule has 3 rings (SSSR count). The third-order valence-corrected chi connectivity index (χ3v) is 4.24. The number of hydrogen-bond acceptors (Lipinski definition) is 4. The molecule has 2 aromatic carbocycles. The van der Waals surface area contributed by atoms with E-state index in [1.807, 2.05) is 57.2 Å². The molecule has 2 aromatic rings. The van der Waals surface area contributed by atoms with Crippen LogP contribution in [-0.2, 0) is 20.7 Å². The summed E-state index contributed by atoms with van der Waals surface area (Å²) in [7, 11) is 0. The number of ether oxygens (including phenoxy) is 2. The molecule has 28 heavy (non-hydrogen) atoms. The van der Waals surface area contributed by atoms with E-state index < -0.39 is 6.04 Å². The predicted molar refractivity (Wildman–Crippen MR) is 115 cm³/mol. The van der Waals surface area contributed by atoms with Gasteiger partial charge in [-0.15, -0.1) is 0 Å². The van der Waals surface area contributed by atoms with Gasteiger partial charge in [0.2, 0.25) is 0 Å². The van der Waals surface area contributed by atoms with Crippen LogP contribution in [0.5, 0.6) is 0 Å². The smallest absolute Gasteiger partial charge is 0.323 e. The van der Waals surface area contributed by atoms with Crippen molar-refractivity contribution in [1.29, 1.82) is 0 Å². The molecule has 1 heterocycles. The van der Waals surface area contributed by atoms with Gasteiger partial charge in [0.25, 0.3) is 0 Å². The van der Waals surface area contributed by atoms with Gasteiger partial charge in [0, 0.05) is 13.0 Å². The van der Waals surface area contributed by atoms with E-state index in [4.69, 9.17) is 15.2 Å². The summed E-state index contributed by atoms with van der Waals surface area (Å²) in [6.45, 7) is 8.47. The summed E-state index contributed by atoms with van der Waals surface area (Å²) in [5, 5.41) is 0. The Balaban J connectivity index is 0.000000363. The van der Waals surface area contributed by atoms with Crippen molar-refractivity contribution in [2.75, 3.05) is 6.61 Å². The lowest BCUT2D eigenvalue weighted by molar-refractivity contribution is -0.150. The van der Waals surface area contributed by atoms with Crippen molar-refractivity contribution in [1.82, 2.24) is 0 Å². The summed E-state index contributed by atoms with van der Waals surface area (Å²) in [5.74, 6) is -0.323. The Labute approximate surface area is 170 Å². The predicted octanol–water partition coefficient (Wildman–Crippen LogP) is 4.69. The molecule has 3 atom stereocenters. The monoisotopic (exact) mass is 385 g/mol. The second-order valence-electron chi connectivity index (χ2n) is 6.72. The van der Waals surface area contributed by atoms with Gasteiger partial charge < -0.3 is 15.2 Å². The van der Waals surface area contributed by atoms with Crippen molar-refractivity contribution in [2.45, 2.75) is 65.2 Å². The van der Waals surface area contributed by atoms with Crippen molar-refractivity contribution >= 4 is 5.97 Å². The van der Waals surface area contributed by atoms with E-state index in [1.54, 1.807) is 0 Å². The van der Waals surface area contributed by atoms with Crippen LogP contribution in [0.25, 0.3) is 0 Å². The molecule has 0 saturated carbocycles. The van der Waals surface area contributed by atoms with E-state index >= 15 is 0 Å². The van der Waals surface area contributed by atoms with Crippen LogP contribution in [0.4, 0.5) is 0 Å². The first kappa shape index (κ1) is 23.9. The number of carbonyl (C=O) groups is 1. The summed E-state index contributed by atoms with van der Waals surface area (Å²) >= 11 is 0. The Morgan fingerprint density at radius 2 is 1.57 bits per heavy atom. The molecule has 1 aliphatic heterocycles. The number of carbonyl (C=O) groups excluding carboxylic acids is 1. The molecule has 1 aliphatic rings. The lowest BCUT2D eigenvalue weighted by Gasteiger charge is -2.20. The minimum absolute atomic E-state index is 0.0653. The number of aryl methyl sites for hydroxylation is 1. The van der Waals surface area contributed by atoms with Gasteiger partial charge in [-0.3, -0.25) is 4.79 Å². The van der Waals surface area contributed by atoms with Crippen LogP contribution in [0.3, 0.4) is 0 Å². The molecule has 2 unspecified atom stereocenters. The van der Waals surface area contributed by atoms with Gasteiger partial charge in [0.15, 0.2) is 0 Å². The molecule has 0 radical (unpaired) electrons. The van der Waals surface area contributed by atoms with E-state index in [9.17, 15) is 4.79 Å². The molecule has 0 amide bonds. The Kier molecular flexibility index (Phi) is 11.9. The SMILES string of the molecule is CC.CC1CC(Cc2ccccc2)OCC[C@H](N)C(=O)O1.Cc1ccccc1. The van der Waals surface area contributed by atoms with Crippen molar-refractivity contribution in [3.63, 3.8) is 0 Å². The van der Waals surface area contributed by atoms with E-state index in [1.165, 1.54) is 11.1 Å². The second-order valence-corrected chi connectivity index (χ2v) is 6.72. The van der Waals surface area contributed by atoms with Crippen molar-refractivity contribution in [3.05, 3.63) is 71.8 Å². The molecule has 1 saturated heterocycles. The normalized spacial score (nSPS) is 22.0. The van der Waals surface area contributed by atoms with Crippen LogP contribution in [0.2, 0.25) is 0 Å². The maximum atomic E-state index is 11.6. The van der Waals surface area contributed by atoms with Crippen LogP contribution in [0, 0.1) is 6.92 Å². The molecule has 4 nitrogen and oxygen atoms in total. The van der Waals surface area contributed by atoms with E-state index in [0.29, 0.717) is 19.4 Å². The van der Waals surface area contributed by atoms with Crippen LogP contribution < -0.4 is 5.73 Å². The van der Waals surface area contributed by atoms with E-state index in [2.05, 4.69) is 31.2 Å². The molecule has 0 bridgehead atoms. The minimum Gasteiger partial charge on any atom is -0.461 e. The fourth-order valence-corrected chi connectivity index (χ4v) is 2.81. The van der Waals surface area contributed by atoms with Gasteiger partial charge in [-0.1, -0.05) is 80.1 Å².